The van der Waals surface area contributed by atoms with Crippen molar-refractivity contribution in [3.05, 3.63) is 0 Å². The van der Waals surface area contributed by atoms with Crippen molar-refractivity contribution in [3.63, 3.8) is 0 Å². The molecule has 1 unspecified atom stereocenters. The highest BCUT2D eigenvalue weighted by molar-refractivity contribution is 4.96. The lowest BCUT2D eigenvalue weighted by Crippen LogP contribution is -2.45. The van der Waals surface area contributed by atoms with E-state index in [1.165, 1.54) is 0 Å². The third-order valence-corrected chi connectivity index (χ3v) is 2.75. The van der Waals surface area contributed by atoms with Crippen molar-refractivity contribution < 1.29 is 29.3 Å². The van der Waals surface area contributed by atoms with Crippen LogP contribution in [-0.4, -0.2) is 53.3 Å². The van der Waals surface area contributed by atoms with Gasteiger partial charge in [0.1, 0.15) is 24.4 Å². The zero-order valence-corrected chi connectivity index (χ0v) is 9.20. The van der Waals surface area contributed by atoms with Crippen LogP contribution in [-0.2, 0) is 19.0 Å². The lowest BCUT2D eigenvalue weighted by atomic mass is 10.1. The summed E-state index contributed by atoms with van der Waals surface area (Å²) in [7, 11) is 0. The molecule has 2 saturated heterocycles. The fourth-order valence-electron chi connectivity index (χ4n) is 2.07. The highest BCUT2D eigenvalue weighted by atomic mass is 16.8. The Morgan fingerprint density at radius 1 is 1.44 bits per heavy atom. The average molecular weight is 235 g/mol. The summed E-state index contributed by atoms with van der Waals surface area (Å²) in [6.45, 7) is 3.06. The van der Waals surface area contributed by atoms with Gasteiger partial charge in [0, 0.05) is 0 Å². The minimum Gasteiger partial charge on any atom is -0.394 e. The number of hydrogen-bond acceptors (Lipinski definition) is 7. The van der Waals surface area contributed by atoms with Gasteiger partial charge in [0.15, 0.2) is 12.1 Å². The van der Waals surface area contributed by atoms with Crippen molar-refractivity contribution >= 4 is 0 Å². The van der Waals surface area contributed by atoms with E-state index < -0.39 is 43.1 Å². The molecular formula is C9H17NO6. The zero-order chi connectivity index (χ0) is 11.9. The first kappa shape index (κ1) is 12.2. The molecule has 4 N–H and O–H groups in total. The van der Waals surface area contributed by atoms with Gasteiger partial charge >= 0.3 is 0 Å². The molecule has 0 aromatic heterocycles. The maximum Gasteiger partial charge on any atom is 0.190 e. The lowest BCUT2D eigenvalue weighted by molar-refractivity contribution is -0.231. The van der Waals surface area contributed by atoms with E-state index in [-0.39, 0.29) is 0 Å². The fourth-order valence-corrected chi connectivity index (χ4v) is 2.07. The van der Waals surface area contributed by atoms with Crippen LogP contribution in [0.1, 0.15) is 13.8 Å². The molecule has 0 aromatic carbocycles. The molecule has 0 bridgehead atoms. The Morgan fingerprint density at radius 3 is 2.69 bits per heavy atom. The summed E-state index contributed by atoms with van der Waals surface area (Å²) in [5, 5.41) is 18.4. The van der Waals surface area contributed by atoms with Gasteiger partial charge in [0.05, 0.1) is 6.61 Å². The molecule has 2 fully saturated rings. The summed E-state index contributed by atoms with van der Waals surface area (Å²) in [6.07, 6.45) is -3.61. The molecule has 7 nitrogen and oxygen atoms in total. The zero-order valence-electron chi connectivity index (χ0n) is 9.20. The topological polar surface area (TPSA) is 103 Å². The van der Waals surface area contributed by atoms with E-state index in [4.69, 9.17) is 30.1 Å². The summed E-state index contributed by atoms with van der Waals surface area (Å²) in [4.78, 5) is 4.75. The molecule has 0 aliphatic carbocycles. The van der Waals surface area contributed by atoms with Gasteiger partial charge in [-0.3, -0.25) is 4.84 Å². The number of nitrogens with two attached hydrogens (primary N) is 1. The Kier molecular flexibility index (Phi) is 3.19. The maximum atomic E-state index is 9.52. The van der Waals surface area contributed by atoms with Gasteiger partial charge in [-0.25, -0.2) is 5.90 Å². The second-order valence-electron chi connectivity index (χ2n) is 4.42. The van der Waals surface area contributed by atoms with E-state index >= 15 is 0 Å². The van der Waals surface area contributed by atoms with Gasteiger partial charge in [0.2, 0.25) is 0 Å². The first-order chi connectivity index (χ1) is 7.48. The standard InChI is InChI=1S/C9H17NO6/c1-9(2)14-7-6(16-10)5(4(12)3-11)13-8(7)15-9/h4-8,11-12H,3,10H2,1-2H3/t4?,5-,6-,7-,8-/m1/s1. The number of aliphatic hydroxyl groups is 2. The Labute approximate surface area is 93.0 Å². The molecule has 0 amide bonds. The third-order valence-electron chi connectivity index (χ3n) is 2.75. The molecule has 2 rings (SSSR count). The predicted molar refractivity (Wildman–Crippen MR) is 50.9 cm³/mol. The molecular weight excluding hydrogens is 218 g/mol. The Bertz CT molecular complexity index is 260. The lowest BCUT2D eigenvalue weighted by Gasteiger charge is -2.26. The second-order valence-corrected chi connectivity index (χ2v) is 4.42. The Balaban J connectivity index is 2.09. The minimum atomic E-state index is -1.07. The summed E-state index contributed by atoms with van der Waals surface area (Å²) in [5.41, 5.74) is 0. The van der Waals surface area contributed by atoms with Crippen molar-refractivity contribution in [3.8, 4) is 0 Å². The molecule has 94 valence electrons. The van der Waals surface area contributed by atoms with Gasteiger partial charge in [-0.2, -0.15) is 0 Å². The molecule has 2 heterocycles. The molecule has 5 atom stereocenters. The van der Waals surface area contributed by atoms with Crippen molar-refractivity contribution in [2.75, 3.05) is 6.61 Å². The molecule has 0 aromatic rings. The van der Waals surface area contributed by atoms with Crippen LogP contribution in [0.25, 0.3) is 0 Å². The Morgan fingerprint density at radius 2 is 2.12 bits per heavy atom. The van der Waals surface area contributed by atoms with E-state index in [0.717, 1.165) is 0 Å². The summed E-state index contributed by atoms with van der Waals surface area (Å²) in [5.74, 6) is 4.39. The van der Waals surface area contributed by atoms with Crippen LogP contribution in [0.15, 0.2) is 0 Å². The molecule has 2 aliphatic heterocycles. The normalized spacial score (nSPS) is 43.3. The van der Waals surface area contributed by atoms with E-state index in [9.17, 15) is 5.11 Å². The SMILES string of the molecule is CC1(C)O[C@H]2O[C@H](C(O)CO)[C@@H](ON)[C@H]2O1. The van der Waals surface area contributed by atoms with Gasteiger partial charge in [-0.15, -0.1) is 0 Å². The first-order valence-corrected chi connectivity index (χ1v) is 5.14. The van der Waals surface area contributed by atoms with Crippen LogP contribution in [0, 0.1) is 0 Å². The minimum absolute atomic E-state index is 0.437. The number of ether oxygens (including phenoxy) is 3. The molecule has 16 heavy (non-hydrogen) atoms. The van der Waals surface area contributed by atoms with E-state index in [0.29, 0.717) is 0 Å². The number of fused-ring (bicyclic) bond motifs is 1. The quantitative estimate of drug-likeness (QED) is 0.510. The largest absolute Gasteiger partial charge is 0.394 e. The summed E-state index contributed by atoms with van der Waals surface area (Å²) >= 11 is 0. The molecule has 2 aliphatic rings. The maximum absolute atomic E-state index is 9.52. The predicted octanol–water partition coefficient (Wildman–Crippen LogP) is -1.53. The highest BCUT2D eigenvalue weighted by Gasteiger charge is 2.57. The third kappa shape index (κ3) is 1.95. The summed E-state index contributed by atoms with van der Waals surface area (Å²) in [6, 6.07) is 0. The van der Waals surface area contributed by atoms with Crippen molar-refractivity contribution in [2.45, 2.75) is 50.3 Å². The molecule has 0 radical (unpaired) electrons. The van der Waals surface area contributed by atoms with E-state index in [1.807, 2.05) is 0 Å². The van der Waals surface area contributed by atoms with Crippen LogP contribution in [0.5, 0.6) is 0 Å². The van der Waals surface area contributed by atoms with Crippen molar-refractivity contribution in [1.82, 2.24) is 0 Å². The summed E-state index contributed by atoms with van der Waals surface area (Å²) < 4.78 is 16.4. The second kappa shape index (κ2) is 4.19. The van der Waals surface area contributed by atoms with Crippen molar-refractivity contribution in [1.29, 1.82) is 0 Å². The molecule has 7 heteroatoms. The first-order valence-electron chi connectivity index (χ1n) is 5.14. The molecule has 0 saturated carbocycles. The average Bonchev–Trinajstić information content (AvgIpc) is 2.68. The van der Waals surface area contributed by atoms with Crippen molar-refractivity contribution in [2.24, 2.45) is 5.90 Å². The highest BCUT2D eigenvalue weighted by Crippen LogP contribution is 2.38. The van der Waals surface area contributed by atoms with Crippen LogP contribution in [0.4, 0.5) is 0 Å². The smallest absolute Gasteiger partial charge is 0.190 e. The van der Waals surface area contributed by atoms with Gasteiger partial charge in [0.25, 0.3) is 0 Å². The number of aliphatic hydroxyl groups excluding tert-OH is 2. The van der Waals surface area contributed by atoms with E-state index in [2.05, 4.69) is 0 Å². The van der Waals surface area contributed by atoms with Gasteiger partial charge in [-0.05, 0) is 13.8 Å². The van der Waals surface area contributed by atoms with Crippen LogP contribution < -0.4 is 5.90 Å². The fraction of sp³-hybridized carbons (Fsp3) is 1.00. The monoisotopic (exact) mass is 235 g/mol. The number of rotatable bonds is 3. The van der Waals surface area contributed by atoms with Gasteiger partial charge < -0.3 is 24.4 Å². The van der Waals surface area contributed by atoms with Crippen LogP contribution >= 0.6 is 0 Å². The molecule has 0 spiro atoms. The van der Waals surface area contributed by atoms with Crippen LogP contribution in [0.3, 0.4) is 0 Å². The Hall–Kier alpha value is -0.280. The number of hydrogen-bond donors (Lipinski definition) is 3. The van der Waals surface area contributed by atoms with Gasteiger partial charge in [-0.1, -0.05) is 0 Å². The van der Waals surface area contributed by atoms with Crippen LogP contribution in [0.2, 0.25) is 0 Å². The van der Waals surface area contributed by atoms with E-state index in [1.54, 1.807) is 13.8 Å².